The molecule has 35 heavy (non-hydrogen) atoms. The summed E-state index contributed by atoms with van der Waals surface area (Å²) in [5.74, 6) is 1.83. The lowest BCUT2D eigenvalue weighted by Gasteiger charge is -2.16. The second-order valence-corrected chi connectivity index (χ2v) is 7.73. The molecule has 190 valence electrons. The van der Waals surface area contributed by atoms with E-state index in [1.807, 2.05) is 12.1 Å². The highest BCUT2D eigenvalue weighted by Crippen LogP contribution is 2.34. The van der Waals surface area contributed by atoms with Crippen LogP contribution in [0.15, 0.2) is 36.9 Å². The van der Waals surface area contributed by atoms with Gasteiger partial charge in [-0.15, -0.1) is 0 Å². The van der Waals surface area contributed by atoms with Crippen LogP contribution in [0.3, 0.4) is 0 Å². The largest absolute Gasteiger partial charge is 0.493 e. The van der Waals surface area contributed by atoms with Gasteiger partial charge in [-0.05, 0) is 37.4 Å². The van der Waals surface area contributed by atoms with E-state index in [-0.39, 0.29) is 11.7 Å². The number of carbonyl (C=O) groups is 2. The van der Waals surface area contributed by atoms with Crippen LogP contribution in [0.1, 0.15) is 60.2 Å². The summed E-state index contributed by atoms with van der Waals surface area (Å²) in [6.07, 6.45) is 11.7. The molecule has 0 spiro atoms. The minimum atomic E-state index is -0.231. The maximum atomic E-state index is 12.1. The van der Waals surface area contributed by atoms with Crippen LogP contribution in [0, 0.1) is 0 Å². The van der Waals surface area contributed by atoms with Crippen LogP contribution < -0.4 is 20.5 Å². The van der Waals surface area contributed by atoms with Crippen molar-refractivity contribution in [2.45, 2.75) is 45.4 Å². The molecule has 0 atom stereocenters. The normalized spacial score (nSPS) is 10.3. The molecule has 0 unspecified atom stereocenters. The Morgan fingerprint density at radius 2 is 1.63 bits per heavy atom. The van der Waals surface area contributed by atoms with E-state index in [1.54, 1.807) is 26.6 Å². The number of rotatable bonds is 13. The predicted octanol–water partition coefficient (Wildman–Crippen LogP) is 2.81. The van der Waals surface area contributed by atoms with E-state index in [1.165, 1.54) is 12.4 Å². The molecule has 1 aromatic carbocycles. The summed E-state index contributed by atoms with van der Waals surface area (Å²) in [6, 6.07) is 3.80. The van der Waals surface area contributed by atoms with Crippen LogP contribution in [0.25, 0.3) is 0 Å². The van der Waals surface area contributed by atoms with Gasteiger partial charge in [0.25, 0.3) is 5.78 Å². The summed E-state index contributed by atoms with van der Waals surface area (Å²) in [5, 5.41) is 2.98. The minimum absolute atomic E-state index is 0.0470. The summed E-state index contributed by atoms with van der Waals surface area (Å²) in [7, 11) is 3.25. The second-order valence-electron chi connectivity index (χ2n) is 7.73. The first-order chi connectivity index (χ1) is 17.0. The molecule has 5 N–H and O–H groups in total. The Balaban J connectivity index is 0.000000298. The standard InChI is InChI=1S/C18H30N2O3.C7H6N4O/c1-4-15-14(9-10-16(22-2)18(15)23-3)13-17(21)20-12-8-6-5-7-11-19;12-5(6-8-1-2-9-6)7-10-3-4-11-7/h9-10H,4-8,11-13,19H2,1-3H3,(H,20,21);1-4H,(H,8,9)(H,10,11). The lowest BCUT2D eigenvalue weighted by molar-refractivity contribution is -0.120. The number of aromatic amines is 2. The molecular weight excluding hydrogens is 448 g/mol. The number of imidazole rings is 2. The first-order valence-corrected chi connectivity index (χ1v) is 11.8. The number of benzene rings is 1. The molecule has 0 aliphatic heterocycles. The molecule has 10 heteroatoms. The summed E-state index contributed by atoms with van der Waals surface area (Å²) in [6.45, 7) is 3.51. The third-order valence-electron chi connectivity index (χ3n) is 5.33. The predicted molar refractivity (Wildman–Crippen MR) is 134 cm³/mol. The lowest BCUT2D eigenvalue weighted by atomic mass is 10.00. The summed E-state index contributed by atoms with van der Waals surface area (Å²) >= 11 is 0. The van der Waals surface area contributed by atoms with Crippen molar-refractivity contribution < 1.29 is 19.1 Å². The van der Waals surface area contributed by atoms with Gasteiger partial charge in [-0.2, -0.15) is 0 Å². The Hall–Kier alpha value is -3.66. The summed E-state index contributed by atoms with van der Waals surface area (Å²) in [4.78, 5) is 36.5. The summed E-state index contributed by atoms with van der Waals surface area (Å²) in [5.41, 5.74) is 7.48. The van der Waals surface area contributed by atoms with Crippen LogP contribution in [-0.2, 0) is 17.6 Å². The fourth-order valence-corrected chi connectivity index (χ4v) is 3.56. The molecule has 0 aliphatic carbocycles. The number of nitrogens with two attached hydrogens (primary N) is 1. The highest BCUT2D eigenvalue weighted by Gasteiger charge is 2.15. The highest BCUT2D eigenvalue weighted by molar-refractivity contribution is 6.03. The van der Waals surface area contributed by atoms with Gasteiger partial charge in [0.2, 0.25) is 5.91 Å². The van der Waals surface area contributed by atoms with Gasteiger partial charge in [0.1, 0.15) is 0 Å². The van der Waals surface area contributed by atoms with Crippen LogP contribution in [0.4, 0.5) is 0 Å². The number of methoxy groups -OCH3 is 2. The first kappa shape index (κ1) is 27.6. The van der Waals surface area contributed by atoms with Crippen molar-refractivity contribution in [2.24, 2.45) is 5.73 Å². The number of hydrogen-bond donors (Lipinski definition) is 4. The van der Waals surface area contributed by atoms with Gasteiger partial charge in [0, 0.05) is 36.9 Å². The van der Waals surface area contributed by atoms with Crippen molar-refractivity contribution >= 4 is 11.7 Å². The third-order valence-corrected chi connectivity index (χ3v) is 5.33. The van der Waals surface area contributed by atoms with Gasteiger partial charge < -0.3 is 30.5 Å². The van der Waals surface area contributed by atoms with Crippen LogP contribution in [0.5, 0.6) is 11.5 Å². The number of ketones is 1. The van der Waals surface area contributed by atoms with Crippen LogP contribution in [0.2, 0.25) is 0 Å². The van der Waals surface area contributed by atoms with E-state index < -0.39 is 0 Å². The number of carbonyl (C=O) groups excluding carboxylic acids is 2. The van der Waals surface area contributed by atoms with Crippen molar-refractivity contribution in [2.75, 3.05) is 27.3 Å². The Morgan fingerprint density at radius 1 is 0.971 bits per heavy atom. The van der Waals surface area contributed by atoms with Gasteiger partial charge >= 0.3 is 0 Å². The topological polar surface area (TPSA) is 148 Å². The van der Waals surface area contributed by atoms with E-state index in [0.29, 0.717) is 23.8 Å². The molecule has 0 saturated heterocycles. The molecule has 2 heterocycles. The zero-order valence-electron chi connectivity index (χ0n) is 20.7. The Kier molecular flexibility index (Phi) is 12.0. The van der Waals surface area contributed by atoms with E-state index >= 15 is 0 Å². The van der Waals surface area contributed by atoms with Crippen LogP contribution in [-0.4, -0.2) is 58.9 Å². The number of aromatic nitrogens is 4. The molecule has 3 rings (SSSR count). The lowest BCUT2D eigenvalue weighted by Crippen LogP contribution is -2.26. The van der Waals surface area contributed by atoms with E-state index in [0.717, 1.165) is 62.1 Å². The molecule has 0 fully saturated rings. The quantitative estimate of drug-likeness (QED) is 0.215. The van der Waals surface area contributed by atoms with Gasteiger partial charge in [-0.1, -0.05) is 25.8 Å². The van der Waals surface area contributed by atoms with E-state index in [9.17, 15) is 9.59 Å². The van der Waals surface area contributed by atoms with Gasteiger partial charge in [-0.25, -0.2) is 9.97 Å². The number of ether oxygens (including phenoxy) is 2. The van der Waals surface area contributed by atoms with Gasteiger partial charge in [0.05, 0.1) is 20.6 Å². The average Bonchev–Trinajstić information content (AvgIpc) is 3.60. The second kappa shape index (κ2) is 15.3. The van der Waals surface area contributed by atoms with Crippen molar-refractivity contribution in [3.63, 3.8) is 0 Å². The Bertz CT molecular complexity index is 983. The molecule has 2 aromatic heterocycles. The van der Waals surface area contributed by atoms with Crippen molar-refractivity contribution in [1.29, 1.82) is 0 Å². The highest BCUT2D eigenvalue weighted by atomic mass is 16.5. The smallest absolute Gasteiger partial charge is 0.263 e. The first-order valence-electron chi connectivity index (χ1n) is 11.8. The van der Waals surface area contributed by atoms with Gasteiger partial charge in [0.15, 0.2) is 23.1 Å². The monoisotopic (exact) mass is 484 g/mol. The number of hydrogen-bond acceptors (Lipinski definition) is 7. The molecular formula is C25H36N6O4. The van der Waals surface area contributed by atoms with Crippen LogP contribution >= 0.6 is 0 Å². The molecule has 0 bridgehead atoms. The Labute approximate surface area is 206 Å². The zero-order chi connectivity index (χ0) is 25.5. The fourth-order valence-electron chi connectivity index (χ4n) is 3.56. The zero-order valence-corrected chi connectivity index (χ0v) is 20.7. The van der Waals surface area contributed by atoms with Crippen molar-refractivity contribution in [3.8, 4) is 11.5 Å². The molecule has 0 saturated carbocycles. The molecule has 1 amide bonds. The maximum absolute atomic E-state index is 12.1. The Morgan fingerprint density at radius 3 is 2.14 bits per heavy atom. The third kappa shape index (κ3) is 8.56. The molecule has 0 aliphatic rings. The van der Waals surface area contributed by atoms with Crippen molar-refractivity contribution in [1.82, 2.24) is 25.3 Å². The number of nitrogens with zero attached hydrogens (tertiary/aromatic N) is 2. The molecule has 3 aromatic rings. The van der Waals surface area contributed by atoms with Crippen molar-refractivity contribution in [3.05, 3.63) is 59.7 Å². The average molecular weight is 485 g/mol. The van der Waals surface area contributed by atoms with Gasteiger partial charge in [-0.3, -0.25) is 9.59 Å². The maximum Gasteiger partial charge on any atom is 0.263 e. The SMILES string of the molecule is CCc1c(CC(=O)NCCCCCCN)ccc(OC)c1OC.O=C(c1ncc[nH]1)c1ncc[nH]1. The minimum Gasteiger partial charge on any atom is -0.493 e. The number of amides is 1. The fraction of sp³-hybridized carbons (Fsp3) is 0.440. The number of nitrogens with one attached hydrogen (secondary N) is 3. The summed E-state index contributed by atoms with van der Waals surface area (Å²) < 4.78 is 10.8. The number of H-pyrrole nitrogens is 2. The number of unbranched alkanes of at least 4 members (excludes halogenated alkanes) is 3. The molecule has 10 nitrogen and oxygen atoms in total. The van der Waals surface area contributed by atoms with E-state index in [2.05, 4.69) is 32.2 Å². The molecule has 0 radical (unpaired) electrons. The van der Waals surface area contributed by atoms with E-state index in [4.69, 9.17) is 15.2 Å².